The van der Waals surface area contributed by atoms with E-state index in [0.717, 1.165) is 4.42 Å². The molecular weight excluding hydrogens is 159 g/mol. The predicted molar refractivity (Wildman–Crippen MR) is 28.7 cm³/mol. The molecular formula is C4H6O2Se. The van der Waals surface area contributed by atoms with E-state index in [9.17, 15) is 4.79 Å². The summed E-state index contributed by atoms with van der Waals surface area (Å²) in [7, 11) is 0. The van der Waals surface area contributed by atoms with Crippen molar-refractivity contribution in [2.24, 2.45) is 0 Å². The minimum atomic E-state index is -0.781. The maximum absolute atomic E-state index is 9.77. The molecule has 0 saturated carbocycles. The van der Waals surface area contributed by atoms with Crippen LogP contribution in [-0.2, 0) is 4.79 Å². The number of carboxylic acid groups (broad SMARTS) is 1. The summed E-state index contributed by atoms with van der Waals surface area (Å²) in [6, 6.07) is 0. The Hall–Kier alpha value is -0.141. The second-order valence-electron chi connectivity index (χ2n) is 1.27. The van der Waals surface area contributed by atoms with Crippen LogP contribution in [0.15, 0.2) is 0 Å². The second-order valence-corrected chi connectivity index (χ2v) is 2.73. The number of hydrogen-bond donors (Lipinski definition) is 1. The van der Waals surface area contributed by atoms with E-state index in [1.54, 1.807) is 6.92 Å². The van der Waals surface area contributed by atoms with Crippen LogP contribution in [-0.4, -0.2) is 31.1 Å². The van der Waals surface area contributed by atoms with Crippen molar-refractivity contribution in [1.82, 2.24) is 0 Å². The number of carboxylic acids is 1. The van der Waals surface area contributed by atoms with Crippen LogP contribution in [0.5, 0.6) is 0 Å². The first-order valence-corrected chi connectivity index (χ1v) is 2.70. The van der Waals surface area contributed by atoms with Crippen LogP contribution in [0, 0.1) is 0 Å². The van der Waals surface area contributed by atoms with Gasteiger partial charge in [-0.3, -0.25) is 0 Å². The molecule has 40 valence electrons. The van der Waals surface area contributed by atoms with Crippen molar-refractivity contribution in [2.45, 2.75) is 13.3 Å². The van der Waals surface area contributed by atoms with Crippen LogP contribution in [0.2, 0.25) is 0 Å². The number of hydrogen-bond acceptors (Lipinski definition) is 1. The zero-order chi connectivity index (χ0) is 5.86. The van der Waals surface area contributed by atoms with Gasteiger partial charge in [-0.2, -0.15) is 0 Å². The molecule has 7 heavy (non-hydrogen) atoms. The van der Waals surface area contributed by atoms with Crippen molar-refractivity contribution >= 4 is 26.0 Å². The molecule has 0 aliphatic heterocycles. The summed E-state index contributed by atoms with van der Waals surface area (Å²) >= 11 is 2.61. The van der Waals surface area contributed by atoms with Gasteiger partial charge in [0.1, 0.15) is 0 Å². The van der Waals surface area contributed by atoms with E-state index < -0.39 is 5.97 Å². The molecule has 0 aliphatic carbocycles. The fraction of sp³-hybridized carbons (Fsp3) is 0.500. The Morgan fingerprint density at radius 1 is 1.86 bits per heavy atom. The molecule has 1 N–H and O–H groups in total. The van der Waals surface area contributed by atoms with E-state index in [1.807, 2.05) is 0 Å². The quantitative estimate of drug-likeness (QED) is 0.576. The van der Waals surface area contributed by atoms with Crippen molar-refractivity contribution < 1.29 is 9.90 Å². The van der Waals surface area contributed by atoms with Crippen LogP contribution in [0.4, 0.5) is 0 Å². The molecule has 0 aromatic heterocycles. The topological polar surface area (TPSA) is 37.3 Å². The van der Waals surface area contributed by atoms with Gasteiger partial charge in [-0.05, 0) is 0 Å². The fourth-order valence-corrected chi connectivity index (χ4v) is 0.472. The van der Waals surface area contributed by atoms with Crippen molar-refractivity contribution in [1.29, 1.82) is 0 Å². The molecule has 0 unspecified atom stereocenters. The summed E-state index contributed by atoms with van der Waals surface area (Å²) in [4.78, 5) is 9.77. The maximum atomic E-state index is 9.77. The van der Waals surface area contributed by atoms with Gasteiger partial charge in [0.25, 0.3) is 0 Å². The van der Waals surface area contributed by atoms with Crippen LogP contribution in [0.1, 0.15) is 13.3 Å². The Morgan fingerprint density at radius 2 is 2.29 bits per heavy atom. The van der Waals surface area contributed by atoms with Crippen molar-refractivity contribution in [3.63, 3.8) is 0 Å². The Balaban J connectivity index is 3.32. The van der Waals surface area contributed by atoms with E-state index in [-0.39, 0.29) is 6.42 Å². The van der Waals surface area contributed by atoms with Gasteiger partial charge in [-0.25, -0.2) is 0 Å². The van der Waals surface area contributed by atoms with Crippen LogP contribution < -0.4 is 0 Å². The van der Waals surface area contributed by atoms with Crippen LogP contribution >= 0.6 is 0 Å². The molecule has 0 radical (unpaired) electrons. The Morgan fingerprint density at radius 3 is 2.29 bits per heavy atom. The number of rotatable bonds is 2. The van der Waals surface area contributed by atoms with Gasteiger partial charge in [0.05, 0.1) is 0 Å². The predicted octanol–water partition coefficient (Wildman–Crippen LogP) is -0.178. The van der Waals surface area contributed by atoms with E-state index in [0.29, 0.717) is 0 Å². The summed E-state index contributed by atoms with van der Waals surface area (Å²) < 4.78 is 0.813. The molecule has 0 aromatic rings. The summed E-state index contributed by atoms with van der Waals surface area (Å²) in [6.07, 6.45) is 0.139. The van der Waals surface area contributed by atoms with Crippen molar-refractivity contribution in [3.05, 3.63) is 0 Å². The zero-order valence-electron chi connectivity index (χ0n) is 3.97. The van der Waals surface area contributed by atoms with Crippen molar-refractivity contribution in [2.75, 3.05) is 0 Å². The van der Waals surface area contributed by atoms with Gasteiger partial charge in [0.2, 0.25) is 0 Å². The first-order chi connectivity index (χ1) is 3.13. The number of aliphatic carboxylic acids is 1. The molecule has 0 aromatic carbocycles. The van der Waals surface area contributed by atoms with Gasteiger partial charge in [0.15, 0.2) is 0 Å². The van der Waals surface area contributed by atoms with Gasteiger partial charge in [-0.15, -0.1) is 0 Å². The average Bonchev–Trinajstić information content (AvgIpc) is 1.27. The molecule has 0 bridgehead atoms. The van der Waals surface area contributed by atoms with Crippen molar-refractivity contribution in [3.8, 4) is 0 Å². The molecule has 0 heterocycles. The van der Waals surface area contributed by atoms with Gasteiger partial charge < -0.3 is 0 Å². The van der Waals surface area contributed by atoms with Crippen LogP contribution in [0.25, 0.3) is 0 Å². The normalized spacial score (nSPS) is 8.14. The second kappa shape index (κ2) is 2.94. The fourth-order valence-electron chi connectivity index (χ4n) is 0.213. The molecule has 0 amide bonds. The Kier molecular flexibility index (Phi) is 2.88. The standard InChI is InChI=1S/C4H6O2Se/c1-3(7)2-4(5)6/h2H2,1H3,(H,5,6). The SMILES string of the molecule is CC(=[Se])CC(=O)O. The Bertz CT molecular complexity index is 85.9. The van der Waals surface area contributed by atoms with E-state index in [4.69, 9.17) is 5.11 Å². The van der Waals surface area contributed by atoms with Gasteiger partial charge >= 0.3 is 49.2 Å². The van der Waals surface area contributed by atoms with E-state index in [1.165, 1.54) is 0 Å². The molecule has 0 fully saturated rings. The first kappa shape index (κ1) is 6.86. The third-order valence-electron chi connectivity index (χ3n) is 0.400. The zero-order valence-corrected chi connectivity index (χ0v) is 5.68. The first-order valence-electron chi connectivity index (χ1n) is 1.84. The summed E-state index contributed by atoms with van der Waals surface area (Å²) in [5.41, 5.74) is 0. The van der Waals surface area contributed by atoms with Gasteiger partial charge in [-0.1, -0.05) is 0 Å². The average molecular weight is 165 g/mol. The van der Waals surface area contributed by atoms with Gasteiger partial charge in [0, 0.05) is 0 Å². The third kappa shape index (κ3) is 5.86. The molecule has 0 rings (SSSR count). The molecule has 2 nitrogen and oxygen atoms in total. The third-order valence-corrected chi connectivity index (χ3v) is 0.703. The minimum absolute atomic E-state index is 0.139. The summed E-state index contributed by atoms with van der Waals surface area (Å²) in [5, 5.41) is 8.04. The van der Waals surface area contributed by atoms with Crippen LogP contribution in [0.3, 0.4) is 0 Å². The molecule has 3 heteroatoms. The van der Waals surface area contributed by atoms with E-state index >= 15 is 0 Å². The summed E-state index contributed by atoms with van der Waals surface area (Å²) in [5.74, 6) is -0.781. The number of carbonyl (C=O) groups is 1. The van der Waals surface area contributed by atoms with E-state index in [2.05, 4.69) is 15.6 Å². The Labute approximate surface area is 49.9 Å². The summed E-state index contributed by atoms with van der Waals surface area (Å²) in [6.45, 7) is 1.74. The molecule has 0 atom stereocenters. The molecule has 0 aliphatic rings. The molecule has 0 spiro atoms. The monoisotopic (exact) mass is 166 g/mol. The molecule has 0 saturated heterocycles.